The van der Waals surface area contributed by atoms with Crippen LogP contribution < -0.4 is 14.2 Å². The molecule has 1 aromatic carbocycles. The highest BCUT2D eigenvalue weighted by molar-refractivity contribution is 6.30. The minimum Gasteiger partial charge on any atom is -0.493 e. The Labute approximate surface area is 149 Å². The zero-order chi connectivity index (χ0) is 19.6. The van der Waals surface area contributed by atoms with Gasteiger partial charge < -0.3 is 14.2 Å². The molecule has 9 nitrogen and oxygen atoms in total. The van der Waals surface area contributed by atoms with Crippen molar-refractivity contribution in [3.63, 3.8) is 0 Å². The predicted octanol–water partition coefficient (Wildman–Crippen LogP) is 1.06. The van der Waals surface area contributed by atoms with Crippen LogP contribution in [0.1, 0.15) is 12.5 Å². The van der Waals surface area contributed by atoms with Gasteiger partial charge in [-0.15, -0.1) is 0 Å². The first kappa shape index (κ1) is 19.0. The van der Waals surface area contributed by atoms with Crippen LogP contribution in [-0.4, -0.2) is 61.9 Å². The first-order valence-corrected chi connectivity index (χ1v) is 7.47. The van der Waals surface area contributed by atoms with Crippen LogP contribution in [0.15, 0.2) is 17.7 Å². The number of amides is 4. The average Bonchev–Trinajstić information content (AvgIpc) is 2.62. The quantitative estimate of drug-likeness (QED) is 0.341. The van der Waals surface area contributed by atoms with Gasteiger partial charge in [0.15, 0.2) is 11.5 Å². The number of carbonyl (C=O) groups is 4. The van der Waals surface area contributed by atoms with Gasteiger partial charge in [-0.25, -0.2) is 4.79 Å². The third-order valence-electron chi connectivity index (χ3n) is 3.68. The van der Waals surface area contributed by atoms with Gasteiger partial charge >= 0.3 is 12.0 Å². The molecule has 1 aliphatic heterocycles. The Morgan fingerprint density at radius 3 is 1.81 bits per heavy atom. The third kappa shape index (κ3) is 3.37. The van der Waals surface area contributed by atoms with Crippen molar-refractivity contribution in [1.29, 1.82) is 0 Å². The SMILES string of the molecule is COc1cc(C=C2C(=O)N(C)C(=O)N(C)C2=O)cc(OC)c1OC(C)=O. The van der Waals surface area contributed by atoms with E-state index in [0.717, 1.165) is 9.80 Å². The molecule has 0 aromatic heterocycles. The van der Waals surface area contributed by atoms with Crippen LogP contribution in [-0.2, 0) is 14.4 Å². The fourth-order valence-corrected chi connectivity index (χ4v) is 2.37. The van der Waals surface area contributed by atoms with Crippen LogP contribution in [0, 0.1) is 0 Å². The third-order valence-corrected chi connectivity index (χ3v) is 3.68. The second kappa shape index (κ2) is 7.26. The molecule has 4 amide bonds. The lowest BCUT2D eigenvalue weighted by atomic mass is 10.1. The minimum absolute atomic E-state index is 0.0790. The topological polar surface area (TPSA) is 102 Å². The zero-order valence-electron chi connectivity index (χ0n) is 15.0. The Morgan fingerprint density at radius 1 is 0.962 bits per heavy atom. The molecule has 2 rings (SSSR count). The van der Waals surface area contributed by atoms with Crippen LogP contribution in [0.3, 0.4) is 0 Å². The molecule has 1 aliphatic rings. The van der Waals surface area contributed by atoms with Crippen molar-refractivity contribution in [1.82, 2.24) is 9.80 Å². The van der Waals surface area contributed by atoms with E-state index in [0.29, 0.717) is 5.56 Å². The van der Waals surface area contributed by atoms with Gasteiger partial charge in [0.1, 0.15) is 5.57 Å². The van der Waals surface area contributed by atoms with Crippen molar-refractivity contribution >= 4 is 29.9 Å². The van der Waals surface area contributed by atoms with E-state index in [2.05, 4.69) is 0 Å². The van der Waals surface area contributed by atoms with Crippen LogP contribution in [0.2, 0.25) is 0 Å². The first-order valence-electron chi connectivity index (χ1n) is 7.47. The average molecular weight is 362 g/mol. The Bertz CT molecular complexity index is 777. The van der Waals surface area contributed by atoms with Gasteiger partial charge in [-0.05, 0) is 23.8 Å². The van der Waals surface area contributed by atoms with Crippen molar-refractivity contribution in [2.45, 2.75) is 6.92 Å². The summed E-state index contributed by atoms with van der Waals surface area (Å²) in [6.07, 6.45) is 1.31. The van der Waals surface area contributed by atoms with Gasteiger partial charge in [0.25, 0.3) is 11.8 Å². The number of esters is 1. The molecule has 1 fully saturated rings. The highest BCUT2D eigenvalue weighted by atomic mass is 16.6. The summed E-state index contributed by atoms with van der Waals surface area (Å²) in [6, 6.07) is 2.24. The number of imide groups is 2. The normalized spacial score (nSPS) is 14.5. The summed E-state index contributed by atoms with van der Waals surface area (Å²) in [5.74, 6) is -1.57. The number of methoxy groups -OCH3 is 2. The number of carbonyl (C=O) groups excluding carboxylic acids is 4. The van der Waals surface area contributed by atoms with Crippen LogP contribution in [0.25, 0.3) is 6.08 Å². The maximum Gasteiger partial charge on any atom is 0.333 e. The van der Waals surface area contributed by atoms with Gasteiger partial charge in [0.05, 0.1) is 14.2 Å². The predicted molar refractivity (Wildman–Crippen MR) is 89.8 cm³/mol. The fraction of sp³-hybridized carbons (Fsp3) is 0.294. The smallest absolute Gasteiger partial charge is 0.333 e. The molecule has 0 radical (unpaired) electrons. The lowest BCUT2D eigenvalue weighted by Gasteiger charge is -2.28. The van der Waals surface area contributed by atoms with Crippen LogP contribution >= 0.6 is 0 Å². The largest absolute Gasteiger partial charge is 0.493 e. The van der Waals surface area contributed by atoms with E-state index < -0.39 is 23.8 Å². The van der Waals surface area contributed by atoms with E-state index >= 15 is 0 Å². The van der Waals surface area contributed by atoms with Crippen molar-refractivity contribution < 1.29 is 33.4 Å². The summed E-state index contributed by atoms with van der Waals surface area (Å²) in [4.78, 5) is 49.3. The number of barbiturate groups is 1. The molecular weight excluding hydrogens is 344 g/mol. The Balaban J connectivity index is 2.56. The van der Waals surface area contributed by atoms with Crippen LogP contribution in [0.4, 0.5) is 4.79 Å². The van der Waals surface area contributed by atoms with Crippen molar-refractivity contribution in [2.75, 3.05) is 28.3 Å². The van der Waals surface area contributed by atoms with Gasteiger partial charge in [-0.2, -0.15) is 0 Å². The molecule has 1 aromatic rings. The molecule has 1 saturated heterocycles. The number of ether oxygens (including phenoxy) is 3. The summed E-state index contributed by atoms with van der Waals surface area (Å²) >= 11 is 0. The van der Waals surface area contributed by atoms with E-state index in [1.54, 1.807) is 0 Å². The summed E-state index contributed by atoms with van der Waals surface area (Å²) < 4.78 is 15.5. The molecule has 138 valence electrons. The number of nitrogens with zero attached hydrogens (tertiary/aromatic N) is 2. The van der Waals surface area contributed by atoms with Gasteiger partial charge in [-0.3, -0.25) is 24.2 Å². The van der Waals surface area contributed by atoms with E-state index in [1.165, 1.54) is 53.4 Å². The molecular formula is C17H18N2O7. The number of rotatable bonds is 4. The van der Waals surface area contributed by atoms with E-state index in [-0.39, 0.29) is 22.8 Å². The fourth-order valence-electron chi connectivity index (χ4n) is 2.37. The van der Waals surface area contributed by atoms with Crippen molar-refractivity contribution in [2.24, 2.45) is 0 Å². The zero-order valence-corrected chi connectivity index (χ0v) is 15.0. The van der Waals surface area contributed by atoms with Gasteiger partial charge in [0.2, 0.25) is 5.75 Å². The monoisotopic (exact) mass is 362 g/mol. The maximum atomic E-state index is 12.3. The molecule has 26 heavy (non-hydrogen) atoms. The van der Waals surface area contributed by atoms with Gasteiger partial charge in [-0.1, -0.05) is 0 Å². The summed E-state index contributed by atoms with van der Waals surface area (Å²) in [6.45, 7) is 1.23. The summed E-state index contributed by atoms with van der Waals surface area (Å²) in [5, 5.41) is 0. The minimum atomic E-state index is -0.722. The number of hydrogen-bond acceptors (Lipinski definition) is 7. The molecule has 9 heteroatoms. The second-order valence-corrected chi connectivity index (χ2v) is 5.42. The van der Waals surface area contributed by atoms with Crippen molar-refractivity contribution in [3.8, 4) is 17.2 Å². The lowest BCUT2D eigenvalue weighted by Crippen LogP contribution is -2.52. The van der Waals surface area contributed by atoms with Crippen LogP contribution in [0.5, 0.6) is 17.2 Å². The number of urea groups is 1. The summed E-state index contributed by atoms with van der Waals surface area (Å²) in [5.41, 5.74) is 0.196. The molecule has 0 atom stereocenters. The molecule has 0 N–H and O–H groups in total. The number of likely N-dealkylation sites (N-methyl/N-ethyl adjacent to an activating group) is 2. The van der Waals surface area contributed by atoms with Crippen molar-refractivity contribution in [3.05, 3.63) is 23.3 Å². The molecule has 0 unspecified atom stereocenters. The summed E-state index contributed by atoms with van der Waals surface area (Å²) in [7, 11) is 5.31. The molecule has 0 aliphatic carbocycles. The Hall–Kier alpha value is -3.36. The molecule has 0 bridgehead atoms. The maximum absolute atomic E-state index is 12.3. The van der Waals surface area contributed by atoms with Gasteiger partial charge in [0, 0.05) is 21.0 Å². The molecule has 0 saturated carbocycles. The standard InChI is InChI=1S/C17H18N2O7/c1-9(20)26-14-12(24-4)7-10(8-13(14)25-5)6-11-15(21)18(2)17(23)19(3)16(11)22/h6-8H,1-5H3. The highest BCUT2D eigenvalue weighted by Gasteiger charge is 2.37. The first-order chi connectivity index (χ1) is 12.2. The number of hydrogen-bond donors (Lipinski definition) is 0. The molecule has 0 spiro atoms. The second-order valence-electron chi connectivity index (χ2n) is 5.42. The Kier molecular flexibility index (Phi) is 5.30. The Morgan fingerprint density at radius 2 is 1.42 bits per heavy atom. The highest BCUT2D eigenvalue weighted by Crippen LogP contribution is 2.39. The lowest BCUT2D eigenvalue weighted by molar-refractivity contribution is -0.134. The van der Waals surface area contributed by atoms with E-state index in [1.807, 2.05) is 0 Å². The number of benzene rings is 1. The molecule has 1 heterocycles. The van der Waals surface area contributed by atoms with E-state index in [4.69, 9.17) is 14.2 Å². The van der Waals surface area contributed by atoms with E-state index in [9.17, 15) is 19.2 Å².